The zero-order valence-electron chi connectivity index (χ0n) is 17.0. The molecular weight excluding hydrogens is 380 g/mol. The lowest BCUT2D eigenvalue weighted by Gasteiger charge is -2.12. The van der Waals surface area contributed by atoms with Crippen molar-refractivity contribution < 1.29 is 4.74 Å². The number of guanidine groups is 1. The first kappa shape index (κ1) is 21.0. The van der Waals surface area contributed by atoms with E-state index in [4.69, 9.17) is 4.74 Å². The van der Waals surface area contributed by atoms with E-state index in [1.807, 2.05) is 24.4 Å². The molecule has 0 aliphatic heterocycles. The quantitative estimate of drug-likeness (QED) is 0.414. The average molecular weight is 409 g/mol. The van der Waals surface area contributed by atoms with Gasteiger partial charge in [-0.1, -0.05) is 54.6 Å². The molecule has 2 aromatic carbocycles. The number of thiazole rings is 1. The second kappa shape index (κ2) is 11.3. The molecule has 1 heterocycles. The van der Waals surface area contributed by atoms with Gasteiger partial charge in [0.1, 0.15) is 0 Å². The maximum Gasteiger partial charge on any atom is 0.191 e. The fraction of sp³-hybridized carbons (Fsp3) is 0.304. The van der Waals surface area contributed by atoms with Crippen molar-refractivity contribution in [1.82, 2.24) is 15.6 Å². The first-order chi connectivity index (χ1) is 14.2. The monoisotopic (exact) mass is 408 g/mol. The fourth-order valence-corrected chi connectivity index (χ4v) is 3.61. The number of rotatable bonds is 9. The molecule has 0 unspecified atom stereocenters. The van der Waals surface area contributed by atoms with Crippen molar-refractivity contribution in [3.05, 3.63) is 87.4 Å². The predicted octanol–water partition coefficient (Wildman–Crippen LogP) is 4.08. The van der Waals surface area contributed by atoms with Crippen LogP contribution < -0.4 is 10.6 Å². The predicted molar refractivity (Wildman–Crippen MR) is 120 cm³/mol. The van der Waals surface area contributed by atoms with E-state index < -0.39 is 0 Å². The SMILES string of the molecule is CN=C(NCCc1ncc(C)s1)NCc1ccc(COCc2ccccc2)cc1. The molecule has 0 fully saturated rings. The first-order valence-electron chi connectivity index (χ1n) is 9.78. The van der Waals surface area contributed by atoms with Crippen LogP contribution >= 0.6 is 11.3 Å². The van der Waals surface area contributed by atoms with Crippen LogP contribution in [0.2, 0.25) is 0 Å². The topological polar surface area (TPSA) is 58.5 Å². The van der Waals surface area contributed by atoms with E-state index in [1.54, 1.807) is 18.4 Å². The van der Waals surface area contributed by atoms with Gasteiger partial charge < -0.3 is 15.4 Å². The summed E-state index contributed by atoms with van der Waals surface area (Å²) in [5.74, 6) is 0.800. The number of aromatic nitrogens is 1. The number of benzene rings is 2. The van der Waals surface area contributed by atoms with Crippen molar-refractivity contribution in [3.63, 3.8) is 0 Å². The van der Waals surface area contributed by atoms with Gasteiger partial charge >= 0.3 is 0 Å². The van der Waals surface area contributed by atoms with Crippen molar-refractivity contribution in [2.24, 2.45) is 4.99 Å². The number of aryl methyl sites for hydroxylation is 1. The van der Waals surface area contributed by atoms with Gasteiger partial charge in [-0.25, -0.2) is 4.98 Å². The normalized spacial score (nSPS) is 11.4. The summed E-state index contributed by atoms with van der Waals surface area (Å²) >= 11 is 1.74. The van der Waals surface area contributed by atoms with E-state index in [0.717, 1.165) is 30.5 Å². The molecule has 2 N–H and O–H groups in total. The Labute approximate surface area is 176 Å². The molecule has 3 rings (SSSR count). The summed E-state index contributed by atoms with van der Waals surface area (Å²) in [7, 11) is 1.79. The van der Waals surface area contributed by atoms with Gasteiger partial charge in [-0.2, -0.15) is 0 Å². The van der Waals surface area contributed by atoms with Crippen LogP contribution in [0.3, 0.4) is 0 Å². The van der Waals surface area contributed by atoms with Crippen molar-refractivity contribution in [2.45, 2.75) is 33.1 Å². The lowest BCUT2D eigenvalue weighted by Crippen LogP contribution is -2.37. The number of hydrogen-bond donors (Lipinski definition) is 2. The minimum Gasteiger partial charge on any atom is -0.372 e. The minimum absolute atomic E-state index is 0.613. The van der Waals surface area contributed by atoms with Crippen molar-refractivity contribution in [2.75, 3.05) is 13.6 Å². The van der Waals surface area contributed by atoms with E-state index in [-0.39, 0.29) is 0 Å². The molecule has 0 radical (unpaired) electrons. The van der Waals surface area contributed by atoms with Gasteiger partial charge in [-0.15, -0.1) is 11.3 Å². The van der Waals surface area contributed by atoms with E-state index in [0.29, 0.717) is 13.2 Å². The number of nitrogens with zero attached hydrogens (tertiary/aromatic N) is 2. The summed E-state index contributed by atoms with van der Waals surface area (Å²) in [5.41, 5.74) is 3.57. The third-order valence-electron chi connectivity index (χ3n) is 4.39. The van der Waals surface area contributed by atoms with E-state index in [1.165, 1.54) is 21.6 Å². The molecule has 0 aliphatic carbocycles. The van der Waals surface area contributed by atoms with Gasteiger partial charge in [0.05, 0.1) is 18.2 Å². The smallest absolute Gasteiger partial charge is 0.191 e. The van der Waals surface area contributed by atoms with Gasteiger partial charge in [0, 0.05) is 37.6 Å². The van der Waals surface area contributed by atoms with Crippen molar-refractivity contribution in [3.8, 4) is 0 Å². The highest BCUT2D eigenvalue weighted by molar-refractivity contribution is 7.11. The molecule has 152 valence electrons. The molecular formula is C23H28N4OS. The Morgan fingerprint density at radius 1 is 0.966 bits per heavy atom. The molecule has 0 bridgehead atoms. The largest absolute Gasteiger partial charge is 0.372 e. The van der Waals surface area contributed by atoms with Gasteiger partial charge in [-0.3, -0.25) is 4.99 Å². The summed E-state index contributed by atoms with van der Waals surface area (Å²) in [6, 6.07) is 18.7. The first-order valence-corrected chi connectivity index (χ1v) is 10.6. The molecule has 0 aliphatic rings. The van der Waals surface area contributed by atoms with Crippen LogP contribution in [0.4, 0.5) is 0 Å². The summed E-state index contributed by atoms with van der Waals surface area (Å²) in [6.45, 7) is 4.86. The molecule has 0 atom stereocenters. The molecule has 3 aromatic rings. The number of nitrogens with one attached hydrogen (secondary N) is 2. The third-order valence-corrected chi connectivity index (χ3v) is 5.36. The lowest BCUT2D eigenvalue weighted by molar-refractivity contribution is 0.107. The second-order valence-electron chi connectivity index (χ2n) is 6.76. The van der Waals surface area contributed by atoms with Crippen molar-refractivity contribution >= 4 is 17.3 Å². The lowest BCUT2D eigenvalue weighted by atomic mass is 10.1. The van der Waals surface area contributed by atoms with Crippen LogP contribution in [0.1, 0.15) is 26.6 Å². The van der Waals surface area contributed by atoms with Gasteiger partial charge in [0.15, 0.2) is 5.96 Å². The summed E-state index contributed by atoms with van der Waals surface area (Å²) < 4.78 is 5.79. The van der Waals surface area contributed by atoms with Crippen LogP contribution in [0.25, 0.3) is 0 Å². The average Bonchev–Trinajstić information content (AvgIpc) is 3.17. The van der Waals surface area contributed by atoms with E-state index in [2.05, 4.69) is 63.9 Å². The van der Waals surface area contributed by atoms with Crippen LogP contribution in [-0.2, 0) is 30.9 Å². The summed E-state index contributed by atoms with van der Waals surface area (Å²) in [6.07, 6.45) is 2.82. The van der Waals surface area contributed by atoms with Crippen LogP contribution in [0.15, 0.2) is 65.8 Å². The highest BCUT2D eigenvalue weighted by atomic mass is 32.1. The Bertz CT molecular complexity index is 891. The van der Waals surface area contributed by atoms with Gasteiger partial charge in [-0.05, 0) is 23.6 Å². The molecule has 0 amide bonds. The molecule has 0 saturated heterocycles. The zero-order valence-corrected chi connectivity index (χ0v) is 17.8. The Morgan fingerprint density at radius 3 is 2.31 bits per heavy atom. The molecule has 0 saturated carbocycles. The molecule has 6 heteroatoms. The number of ether oxygens (including phenoxy) is 1. The highest BCUT2D eigenvalue weighted by Crippen LogP contribution is 2.11. The summed E-state index contributed by atoms with van der Waals surface area (Å²) in [4.78, 5) is 9.92. The van der Waals surface area contributed by atoms with Gasteiger partial charge in [0.25, 0.3) is 0 Å². The van der Waals surface area contributed by atoms with E-state index in [9.17, 15) is 0 Å². The minimum atomic E-state index is 0.613. The Morgan fingerprint density at radius 2 is 1.66 bits per heavy atom. The summed E-state index contributed by atoms with van der Waals surface area (Å²) in [5, 5.41) is 7.84. The maximum absolute atomic E-state index is 5.79. The standard InChI is InChI=1S/C23H28N4OS/c1-18-14-26-22(29-18)12-13-25-23(24-2)27-15-19-8-10-21(11-9-19)17-28-16-20-6-4-3-5-7-20/h3-11,14H,12-13,15-17H2,1-2H3,(H2,24,25,27). The van der Waals surface area contributed by atoms with E-state index >= 15 is 0 Å². The van der Waals surface area contributed by atoms with Crippen molar-refractivity contribution in [1.29, 1.82) is 0 Å². The van der Waals surface area contributed by atoms with Gasteiger partial charge in [0.2, 0.25) is 0 Å². The molecule has 1 aromatic heterocycles. The molecule has 0 spiro atoms. The molecule has 5 nitrogen and oxygen atoms in total. The highest BCUT2D eigenvalue weighted by Gasteiger charge is 2.02. The Balaban J connectivity index is 1.37. The fourth-order valence-electron chi connectivity index (χ4n) is 2.83. The van der Waals surface area contributed by atoms with Crippen LogP contribution in [-0.4, -0.2) is 24.5 Å². The maximum atomic E-state index is 5.79. The second-order valence-corrected chi connectivity index (χ2v) is 8.08. The molecule has 29 heavy (non-hydrogen) atoms. The Kier molecular flexibility index (Phi) is 8.22. The zero-order chi connectivity index (χ0) is 20.3. The Hall–Kier alpha value is -2.70. The number of hydrogen-bond acceptors (Lipinski definition) is 4. The number of aliphatic imine (C=N–C) groups is 1. The van der Waals surface area contributed by atoms with Crippen LogP contribution in [0, 0.1) is 6.92 Å². The third kappa shape index (κ3) is 7.33. The van der Waals surface area contributed by atoms with Crippen LogP contribution in [0.5, 0.6) is 0 Å².